The van der Waals surface area contributed by atoms with Gasteiger partial charge in [0, 0.05) is 13.7 Å². The molecule has 0 bridgehead atoms. The van der Waals surface area contributed by atoms with Crippen LogP contribution in [0, 0.1) is 0 Å². The highest BCUT2D eigenvalue weighted by Crippen LogP contribution is 2.10. The average Bonchev–Trinajstić information content (AvgIpc) is 2.56. The van der Waals surface area contributed by atoms with Crippen LogP contribution in [-0.4, -0.2) is 48.6 Å². The van der Waals surface area contributed by atoms with Crippen molar-refractivity contribution in [2.24, 2.45) is 0 Å². The van der Waals surface area contributed by atoms with E-state index in [1.165, 1.54) is 7.11 Å². The van der Waals surface area contributed by atoms with Crippen LogP contribution in [0.15, 0.2) is 0 Å². The maximum absolute atomic E-state index is 10.1. The van der Waals surface area contributed by atoms with E-state index < -0.39 is 18.0 Å². The minimum Gasteiger partial charge on any atom is -0.480 e. The second-order valence-corrected chi connectivity index (χ2v) is 2.67. The number of hydrogen-bond acceptors (Lipinski definition) is 4. The van der Waals surface area contributed by atoms with Crippen LogP contribution in [-0.2, 0) is 19.1 Å². The summed E-state index contributed by atoms with van der Waals surface area (Å²) < 4.78 is 9.02. The zero-order chi connectivity index (χ0) is 11.0. The molecule has 1 atom stereocenters. The van der Waals surface area contributed by atoms with Gasteiger partial charge >= 0.3 is 11.9 Å². The van der Waals surface area contributed by atoms with Crippen LogP contribution < -0.4 is 0 Å². The van der Waals surface area contributed by atoms with Crippen LogP contribution in [0.5, 0.6) is 0 Å². The standard InChI is InChI=1S/C5H8O3.C3H6O3/c6-5(7)4-2-1-3-8-4;1-6-2-3(4)5/h4H,1-3H2,(H,6,7);2H2,1H3,(H,4,5). The van der Waals surface area contributed by atoms with E-state index in [2.05, 4.69) is 4.74 Å². The number of carbonyl (C=O) groups is 2. The Morgan fingerprint density at radius 2 is 2.14 bits per heavy atom. The highest BCUT2D eigenvalue weighted by atomic mass is 16.5. The second kappa shape index (κ2) is 7.28. The fraction of sp³-hybridized carbons (Fsp3) is 0.750. The fourth-order valence-electron chi connectivity index (χ4n) is 0.896. The average molecular weight is 206 g/mol. The van der Waals surface area contributed by atoms with E-state index in [1.807, 2.05) is 0 Å². The lowest BCUT2D eigenvalue weighted by atomic mass is 10.2. The molecule has 0 amide bonds. The Labute approximate surface area is 81.4 Å². The van der Waals surface area contributed by atoms with E-state index in [9.17, 15) is 9.59 Å². The van der Waals surface area contributed by atoms with Gasteiger partial charge in [-0.25, -0.2) is 9.59 Å². The van der Waals surface area contributed by atoms with Crippen LogP contribution in [0.3, 0.4) is 0 Å². The Bertz CT molecular complexity index is 184. The van der Waals surface area contributed by atoms with Crippen molar-refractivity contribution in [2.45, 2.75) is 18.9 Å². The van der Waals surface area contributed by atoms with Gasteiger partial charge in [0.15, 0.2) is 6.10 Å². The van der Waals surface area contributed by atoms with Crippen molar-refractivity contribution >= 4 is 11.9 Å². The van der Waals surface area contributed by atoms with Crippen LogP contribution in [0.4, 0.5) is 0 Å². The summed E-state index contributed by atoms with van der Waals surface area (Å²) in [6, 6.07) is 0. The van der Waals surface area contributed by atoms with Crippen molar-refractivity contribution in [3.05, 3.63) is 0 Å². The molecule has 0 spiro atoms. The molecule has 0 aliphatic carbocycles. The molecule has 1 aliphatic rings. The summed E-state index contributed by atoms with van der Waals surface area (Å²) in [5.41, 5.74) is 0. The quantitative estimate of drug-likeness (QED) is 0.673. The molecule has 0 aromatic rings. The van der Waals surface area contributed by atoms with Gasteiger partial charge in [-0.05, 0) is 12.8 Å². The van der Waals surface area contributed by atoms with Gasteiger partial charge in [0.1, 0.15) is 6.61 Å². The summed E-state index contributed by atoms with van der Waals surface area (Å²) in [4.78, 5) is 19.6. The number of aliphatic carboxylic acids is 2. The number of ether oxygens (including phenoxy) is 2. The summed E-state index contributed by atoms with van der Waals surface area (Å²) in [6.07, 6.45) is 1.04. The SMILES string of the molecule is COCC(=O)O.O=C(O)C1CCCO1. The number of rotatable bonds is 3. The first-order chi connectivity index (χ1) is 6.57. The molecule has 1 fully saturated rings. The van der Waals surface area contributed by atoms with Crippen LogP contribution >= 0.6 is 0 Å². The number of carboxylic acids is 2. The second-order valence-electron chi connectivity index (χ2n) is 2.67. The topological polar surface area (TPSA) is 93.1 Å². The lowest BCUT2D eigenvalue weighted by molar-refractivity contribution is -0.147. The zero-order valence-corrected chi connectivity index (χ0v) is 7.93. The van der Waals surface area contributed by atoms with Gasteiger partial charge in [0.05, 0.1) is 0 Å². The summed E-state index contributed by atoms with van der Waals surface area (Å²) in [5.74, 6) is -1.76. The molecule has 0 aromatic heterocycles. The Kier molecular flexibility index (Phi) is 6.69. The highest BCUT2D eigenvalue weighted by molar-refractivity contribution is 5.72. The molecule has 2 N–H and O–H groups in total. The number of hydrogen-bond donors (Lipinski definition) is 2. The molecule has 6 nitrogen and oxygen atoms in total. The van der Waals surface area contributed by atoms with Crippen molar-refractivity contribution in [3.63, 3.8) is 0 Å². The van der Waals surface area contributed by atoms with Crippen molar-refractivity contribution in [2.75, 3.05) is 20.3 Å². The van der Waals surface area contributed by atoms with E-state index in [0.29, 0.717) is 13.0 Å². The summed E-state index contributed by atoms with van der Waals surface area (Å²) >= 11 is 0. The Morgan fingerprint density at radius 3 is 2.29 bits per heavy atom. The molecule has 0 aromatic carbocycles. The van der Waals surface area contributed by atoms with Crippen molar-refractivity contribution < 1.29 is 29.3 Å². The molecular weight excluding hydrogens is 192 g/mol. The predicted octanol–water partition coefficient (Wildman–Crippen LogP) is -0.0326. The molecule has 0 saturated carbocycles. The fourth-order valence-corrected chi connectivity index (χ4v) is 0.896. The molecule has 1 heterocycles. The molecule has 82 valence electrons. The van der Waals surface area contributed by atoms with Gasteiger partial charge in [0.25, 0.3) is 0 Å². The minimum atomic E-state index is -0.933. The van der Waals surface area contributed by atoms with Crippen LogP contribution in [0.1, 0.15) is 12.8 Å². The third-order valence-corrected chi connectivity index (χ3v) is 1.47. The van der Waals surface area contributed by atoms with Gasteiger partial charge in [-0.3, -0.25) is 0 Å². The first-order valence-corrected chi connectivity index (χ1v) is 4.13. The molecule has 0 radical (unpaired) electrons. The number of methoxy groups -OCH3 is 1. The third kappa shape index (κ3) is 6.38. The first kappa shape index (κ1) is 12.9. The zero-order valence-electron chi connectivity index (χ0n) is 7.93. The Hall–Kier alpha value is -1.14. The Balaban J connectivity index is 0.000000255. The van der Waals surface area contributed by atoms with Crippen molar-refractivity contribution in [3.8, 4) is 0 Å². The smallest absolute Gasteiger partial charge is 0.332 e. The summed E-state index contributed by atoms with van der Waals surface area (Å²) in [5, 5.41) is 16.1. The van der Waals surface area contributed by atoms with Crippen LogP contribution in [0.25, 0.3) is 0 Å². The maximum Gasteiger partial charge on any atom is 0.332 e. The molecule has 6 heteroatoms. The van der Waals surface area contributed by atoms with Gasteiger partial charge < -0.3 is 19.7 Å². The molecule has 14 heavy (non-hydrogen) atoms. The van der Waals surface area contributed by atoms with Crippen molar-refractivity contribution in [1.82, 2.24) is 0 Å². The normalized spacial score (nSPS) is 19.6. The monoisotopic (exact) mass is 206 g/mol. The van der Waals surface area contributed by atoms with E-state index >= 15 is 0 Å². The molecule has 1 rings (SSSR count). The third-order valence-electron chi connectivity index (χ3n) is 1.47. The van der Waals surface area contributed by atoms with Gasteiger partial charge in [-0.1, -0.05) is 0 Å². The first-order valence-electron chi connectivity index (χ1n) is 4.13. The van der Waals surface area contributed by atoms with E-state index in [0.717, 1.165) is 6.42 Å². The molecular formula is C8H14O6. The number of carboxylic acid groups (broad SMARTS) is 2. The van der Waals surface area contributed by atoms with Gasteiger partial charge in [0.2, 0.25) is 0 Å². The maximum atomic E-state index is 10.1. The van der Waals surface area contributed by atoms with Gasteiger partial charge in [-0.15, -0.1) is 0 Å². The largest absolute Gasteiger partial charge is 0.480 e. The molecule has 1 aliphatic heterocycles. The molecule has 1 saturated heterocycles. The summed E-state index contributed by atoms with van der Waals surface area (Å²) in [7, 11) is 1.34. The Morgan fingerprint density at radius 1 is 1.50 bits per heavy atom. The summed E-state index contributed by atoms with van der Waals surface area (Å²) in [6.45, 7) is 0.400. The van der Waals surface area contributed by atoms with Gasteiger partial charge in [-0.2, -0.15) is 0 Å². The minimum absolute atomic E-state index is 0.208. The van der Waals surface area contributed by atoms with E-state index in [-0.39, 0.29) is 6.61 Å². The molecule has 1 unspecified atom stereocenters. The van der Waals surface area contributed by atoms with Crippen molar-refractivity contribution in [1.29, 1.82) is 0 Å². The highest BCUT2D eigenvalue weighted by Gasteiger charge is 2.21. The lowest BCUT2D eigenvalue weighted by Gasteiger charge is -1.98. The van der Waals surface area contributed by atoms with E-state index in [4.69, 9.17) is 14.9 Å². The predicted molar refractivity (Wildman–Crippen MR) is 46.1 cm³/mol. The van der Waals surface area contributed by atoms with Crippen LogP contribution in [0.2, 0.25) is 0 Å². The van der Waals surface area contributed by atoms with E-state index in [1.54, 1.807) is 0 Å². The lowest BCUT2D eigenvalue weighted by Crippen LogP contribution is -2.17.